The minimum absolute atomic E-state index is 0.454. The SMILES string of the molecule is CC(C)C[C@H](CN)Cc1nc(C2CCCCCCC2)no1. The monoisotopic (exact) mass is 293 g/mol. The lowest BCUT2D eigenvalue weighted by molar-refractivity contribution is 0.326. The molecule has 0 unspecified atom stereocenters. The van der Waals surface area contributed by atoms with E-state index in [-0.39, 0.29) is 0 Å². The van der Waals surface area contributed by atoms with Gasteiger partial charge in [0.25, 0.3) is 0 Å². The second-order valence-electron chi connectivity index (χ2n) is 7.02. The van der Waals surface area contributed by atoms with Crippen LogP contribution in [0.3, 0.4) is 0 Å². The quantitative estimate of drug-likeness (QED) is 0.859. The van der Waals surface area contributed by atoms with E-state index in [4.69, 9.17) is 10.3 Å². The van der Waals surface area contributed by atoms with Gasteiger partial charge >= 0.3 is 0 Å². The van der Waals surface area contributed by atoms with Gasteiger partial charge in [0.1, 0.15) is 0 Å². The van der Waals surface area contributed by atoms with Crippen LogP contribution in [0.1, 0.15) is 82.8 Å². The first-order valence-electron chi connectivity index (χ1n) is 8.71. The number of hydrogen-bond donors (Lipinski definition) is 1. The average Bonchev–Trinajstić information content (AvgIpc) is 2.85. The van der Waals surface area contributed by atoms with Crippen LogP contribution in [0.25, 0.3) is 0 Å². The summed E-state index contributed by atoms with van der Waals surface area (Å²) >= 11 is 0. The molecule has 0 radical (unpaired) electrons. The topological polar surface area (TPSA) is 64.9 Å². The molecule has 1 aliphatic carbocycles. The zero-order valence-electron chi connectivity index (χ0n) is 13.7. The van der Waals surface area contributed by atoms with E-state index < -0.39 is 0 Å². The molecule has 120 valence electrons. The van der Waals surface area contributed by atoms with Crippen LogP contribution in [-0.4, -0.2) is 16.7 Å². The first-order chi connectivity index (χ1) is 10.2. The van der Waals surface area contributed by atoms with Crippen LogP contribution in [0, 0.1) is 11.8 Å². The standard InChI is InChI=1S/C17H31N3O/c1-13(2)10-14(12-18)11-16-19-17(20-21-16)15-8-6-4-3-5-7-9-15/h13-15H,3-12,18H2,1-2H3/t14-/m0/s1. The van der Waals surface area contributed by atoms with Gasteiger partial charge in [0.05, 0.1) is 0 Å². The van der Waals surface area contributed by atoms with Gasteiger partial charge in [-0.1, -0.05) is 51.1 Å². The van der Waals surface area contributed by atoms with E-state index in [1.54, 1.807) is 0 Å². The maximum Gasteiger partial charge on any atom is 0.226 e. The molecule has 0 saturated heterocycles. The maximum atomic E-state index is 5.87. The Labute approximate surface area is 128 Å². The molecule has 1 saturated carbocycles. The van der Waals surface area contributed by atoms with Crippen molar-refractivity contribution in [3.8, 4) is 0 Å². The lowest BCUT2D eigenvalue weighted by atomic mass is 9.90. The molecule has 21 heavy (non-hydrogen) atoms. The van der Waals surface area contributed by atoms with Crippen LogP contribution in [-0.2, 0) is 6.42 Å². The minimum atomic E-state index is 0.454. The fourth-order valence-corrected chi connectivity index (χ4v) is 3.41. The first-order valence-corrected chi connectivity index (χ1v) is 8.71. The summed E-state index contributed by atoms with van der Waals surface area (Å²) in [6, 6.07) is 0. The van der Waals surface area contributed by atoms with Gasteiger partial charge in [-0.05, 0) is 37.6 Å². The average molecular weight is 293 g/mol. The molecule has 4 nitrogen and oxygen atoms in total. The van der Waals surface area contributed by atoms with Crippen LogP contribution >= 0.6 is 0 Å². The van der Waals surface area contributed by atoms with Gasteiger partial charge in [-0.15, -0.1) is 0 Å². The molecule has 1 fully saturated rings. The third kappa shape index (κ3) is 5.42. The van der Waals surface area contributed by atoms with E-state index in [1.165, 1.54) is 44.9 Å². The Bertz CT molecular complexity index is 394. The van der Waals surface area contributed by atoms with E-state index in [0.29, 0.717) is 24.3 Å². The Morgan fingerprint density at radius 1 is 1.14 bits per heavy atom. The molecule has 1 atom stereocenters. The molecule has 1 aromatic heterocycles. The summed E-state index contributed by atoms with van der Waals surface area (Å²) in [4.78, 5) is 4.67. The van der Waals surface area contributed by atoms with Gasteiger partial charge in [0.2, 0.25) is 5.89 Å². The normalized spacial score (nSPS) is 19.4. The van der Waals surface area contributed by atoms with Crippen molar-refractivity contribution < 1.29 is 4.52 Å². The molecule has 2 N–H and O–H groups in total. The largest absolute Gasteiger partial charge is 0.339 e. The van der Waals surface area contributed by atoms with E-state index in [9.17, 15) is 0 Å². The van der Waals surface area contributed by atoms with E-state index in [2.05, 4.69) is 24.0 Å². The summed E-state index contributed by atoms with van der Waals surface area (Å²) in [7, 11) is 0. The van der Waals surface area contributed by atoms with E-state index in [1.807, 2.05) is 0 Å². The van der Waals surface area contributed by atoms with Crippen molar-refractivity contribution in [2.45, 2.75) is 77.6 Å². The molecule has 1 aromatic rings. The molecule has 1 heterocycles. The minimum Gasteiger partial charge on any atom is -0.339 e. The Morgan fingerprint density at radius 2 is 1.81 bits per heavy atom. The summed E-state index contributed by atoms with van der Waals surface area (Å²) in [5, 5.41) is 4.25. The molecule has 0 amide bonds. The van der Waals surface area contributed by atoms with Gasteiger partial charge in [-0.2, -0.15) is 4.98 Å². The van der Waals surface area contributed by atoms with Crippen molar-refractivity contribution in [3.63, 3.8) is 0 Å². The highest BCUT2D eigenvalue weighted by molar-refractivity contribution is 4.96. The number of nitrogens with two attached hydrogens (primary N) is 1. The van der Waals surface area contributed by atoms with E-state index >= 15 is 0 Å². The van der Waals surface area contributed by atoms with Crippen LogP contribution in [0.15, 0.2) is 4.52 Å². The fourth-order valence-electron chi connectivity index (χ4n) is 3.41. The van der Waals surface area contributed by atoms with Crippen LogP contribution in [0.5, 0.6) is 0 Å². The summed E-state index contributed by atoms with van der Waals surface area (Å²) in [6.07, 6.45) is 11.1. The van der Waals surface area contributed by atoms with Crippen molar-refractivity contribution in [2.75, 3.05) is 6.54 Å². The highest BCUT2D eigenvalue weighted by Crippen LogP contribution is 2.29. The summed E-state index contributed by atoms with van der Waals surface area (Å²) in [5.41, 5.74) is 5.87. The number of nitrogens with zero attached hydrogens (tertiary/aromatic N) is 2. The second-order valence-corrected chi connectivity index (χ2v) is 7.02. The second kappa shape index (κ2) is 8.52. The Kier molecular flexibility index (Phi) is 6.68. The Morgan fingerprint density at radius 3 is 2.43 bits per heavy atom. The molecule has 0 bridgehead atoms. The van der Waals surface area contributed by atoms with E-state index in [0.717, 1.165) is 24.6 Å². The highest BCUT2D eigenvalue weighted by atomic mass is 16.5. The smallest absolute Gasteiger partial charge is 0.226 e. The molecule has 4 heteroatoms. The molecular weight excluding hydrogens is 262 g/mol. The highest BCUT2D eigenvalue weighted by Gasteiger charge is 2.21. The van der Waals surface area contributed by atoms with Gasteiger partial charge in [-0.25, -0.2) is 0 Å². The molecule has 0 spiro atoms. The number of rotatable bonds is 6. The molecule has 0 aliphatic heterocycles. The third-order valence-corrected chi connectivity index (χ3v) is 4.56. The van der Waals surface area contributed by atoms with Crippen LogP contribution in [0.2, 0.25) is 0 Å². The Balaban J connectivity index is 1.92. The molecule has 0 aromatic carbocycles. The van der Waals surface area contributed by atoms with Gasteiger partial charge in [0.15, 0.2) is 5.82 Å². The molecule has 1 aliphatic rings. The third-order valence-electron chi connectivity index (χ3n) is 4.56. The van der Waals surface area contributed by atoms with Gasteiger partial charge in [-0.3, -0.25) is 0 Å². The molecule has 2 rings (SSSR count). The van der Waals surface area contributed by atoms with Gasteiger partial charge in [0, 0.05) is 12.3 Å². The van der Waals surface area contributed by atoms with Crippen LogP contribution in [0.4, 0.5) is 0 Å². The van der Waals surface area contributed by atoms with Crippen molar-refractivity contribution in [2.24, 2.45) is 17.6 Å². The zero-order chi connectivity index (χ0) is 15.1. The lowest BCUT2D eigenvalue weighted by Gasteiger charge is -2.16. The lowest BCUT2D eigenvalue weighted by Crippen LogP contribution is -2.19. The number of hydrogen-bond acceptors (Lipinski definition) is 4. The summed E-state index contributed by atoms with van der Waals surface area (Å²) < 4.78 is 5.49. The Hall–Kier alpha value is -0.900. The van der Waals surface area contributed by atoms with Crippen molar-refractivity contribution >= 4 is 0 Å². The van der Waals surface area contributed by atoms with Crippen molar-refractivity contribution in [1.29, 1.82) is 0 Å². The van der Waals surface area contributed by atoms with Gasteiger partial charge < -0.3 is 10.3 Å². The number of aromatic nitrogens is 2. The predicted octanol–water partition coefficient (Wildman–Crippen LogP) is 4.06. The van der Waals surface area contributed by atoms with Crippen LogP contribution < -0.4 is 5.73 Å². The van der Waals surface area contributed by atoms with Crippen molar-refractivity contribution in [3.05, 3.63) is 11.7 Å². The summed E-state index contributed by atoms with van der Waals surface area (Å²) in [6.45, 7) is 5.16. The van der Waals surface area contributed by atoms with Crippen molar-refractivity contribution in [1.82, 2.24) is 10.1 Å². The fraction of sp³-hybridized carbons (Fsp3) is 0.882. The first kappa shape index (κ1) is 16.5. The zero-order valence-corrected chi connectivity index (χ0v) is 13.7. The maximum absolute atomic E-state index is 5.87. The summed E-state index contributed by atoms with van der Waals surface area (Å²) in [5.74, 6) is 3.33. The molecular formula is C17H31N3O. The predicted molar refractivity (Wildman–Crippen MR) is 85.1 cm³/mol.